The van der Waals surface area contributed by atoms with Gasteiger partial charge in [0.05, 0.1) is 38.4 Å². The van der Waals surface area contributed by atoms with Gasteiger partial charge < -0.3 is 25.2 Å². The molecule has 3 fully saturated rings. The van der Waals surface area contributed by atoms with Gasteiger partial charge in [0, 0.05) is 30.5 Å². The fourth-order valence-corrected chi connectivity index (χ4v) is 8.96. The SMILES string of the molecule is N#Cc1c(N)sc2c(F)ccc(-c3c(Cl)c4c5c(nc(OCC67CCCN6C[C@H](F)C7)nc5c3F)N3CCC(O)CC3CO4)c12. The number of hydrogen-bond acceptors (Lipinski definition) is 10. The van der Waals surface area contributed by atoms with E-state index >= 15 is 4.39 Å². The summed E-state index contributed by atoms with van der Waals surface area (Å²) >= 11 is 7.87. The van der Waals surface area contributed by atoms with Crippen LogP contribution in [-0.2, 0) is 0 Å². The fraction of sp³-hybridized carbons (Fsp3) is 0.452. The maximum Gasteiger partial charge on any atom is 0.319 e. The Labute approximate surface area is 264 Å². The number of aliphatic hydroxyl groups excluding tert-OH is 1. The quantitative estimate of drug-likeness (QED) is 0.290. The molecule has 3 N–H and O–H groups in total. The summed E-state index contributed by atoms with van der Waals surface area (Å²) in [6.07, 6.45) is 1.43. The minimum absolute atomic E-state index is 0.0217. The summed E-state index contributed by atoms with van der Waals surface area (Å²) < 4.78 is 58.9. The molecule has 0 spiro atoms. The molecule has 4 aliphatic heterocycles. The Morgan fingerprint density at radius 3 is 2.93 bits per heavy atom. The summed E-state index contributed by atoms with van der Waals surface area (Å²) in [4.78, 5) is 13.4. The minimum Gasteiger partial charge on any atom is -0.489 e. The van der Waals surface area contributed by atoms with Crippen molar-refractivity contribution in [3.63, 3.8) is 0 Å². The van der Waals surface area contributed by atoms with Gasteiger partial charge in [0.25, 0.3) is 0 Å². The topological polar surface area (TPSA) is 121 Å². The van der Waals surface area contributed by atoms with Gasteiger partial charge >= 0.3 is 6.01 Å². The molecule has 9 nitrogen and oxygen atoms in total. The monoisotopic (exact) mass is 656 g/mol. The second kappa shape index (κ2) is 10.5. The molecule has 234 valence electrons. The number of nitrogen functional groups attached to an aromatic ring is 1. The molecule has 45 heavy (non-hydrogen) atoms. The number of nitrogens with two attached hydrogens (primary N) is 1. The lowest BCUT2D eigenvalue weighted by molar-refractivity contribution is 0.107. The predicted molar refractivity (Wildman–Crippen MR) is 165 cm³/mol. The van der Waals surface area contributed by atoms with Crippen LogP contribution in [0.25, 0.3) is 32.1 Å². The minimum atomic E-state index is -0.949. The summed E-state index contributed by atoms with van der Waals surface area (Å²) in [6, 6.07) is 4.20. The van der Waals surface area contributed by atoms with Crippen molar-refractivity contribution in [1.29, 1.82) is 5.26 Å². The average molecular weight is 657 g/mol. The molecule has 2 aromatic carbocycles. The molecule has 2 aromatic heterocycles. The van der Waals surface area contributed by atoms with Crippen molar-refractivity contribution < 1.29 is 27.8 Å². The smallest absolute Gasteiger partial charge is 0.319 e. The number of piperidine rings is 1. The molecule has 0 saturated carbocycles. The molecular weight excluding hydrogens is 629 g/mol. The Balaban J connectivity index is 1.34. The highest BCUT2D eigenvalue weighted by molar-refractivity contribution is 7.23. The molecule has 14 heteroatoms. The lowest BCUT2D eigenvalue weighted by Crippen LogP contribution is -2.47. The van der Waals surface area contributed by atoms with Crippen LogP contribution in [0.4, 0.5) is 24.0 Å². The number of aliphatic hydroxyl groups is 1. The molecule has 3 saturated heterocycles. The van der Waals surface area contributed by atoms with E-state index < -0.39 is 29.4 Å². The van der Waals surface area contributed by atoms with Gasteiger partial charge in [-0.15, -0.1) is 11.3 Å². The number of rotatable bonds is 4. The van der Waals surface area contributed by atoms with Gasteiger partial charge in [0.2, 0.25) is 0 Å². The van der Waals surface area contributed by atoms with Crippen LogP contribution in [0.1, 0.15) is 37.7 Å². The Kier molecular flexibility index (Phi) is 6.73. The number of anilines is 2. The number of hydrogen-bond donors (Lipinski definition) is 2. The molecule has 0 aliphatic carbocycles. The number of nitrogens with zero attached hydrogens (tertiary/aromatic N) is 5. The first-order chi connectivity index (χ1) is 21.7. The maximum atomic E-state index is 17.0. The number of halogens is 4. The zero-order valence-electron chi connectivity index (χ0n) is 24.0. The van der Waals surface area contributed by atoms with E-state index in [0.717, 1.165) is 30.7 Å². The van der Waals surface area contributed by atoms with E-state index in [1.54, 1.807) is 0 Å². The Morgan fingerprint density at radius 1 is 1.27 bits per heavy atom. The maximum absolute atomic E-state index is 17.0. The Morgan fingerprint density at radius 2 is 2.11 bits per heavy atom. The van der Waals surface area contributed by atoms with Gasteiger partial charge in [-0.3, -0.25) is 4.90 Å². The number of ether oxygens (including phenoxy) is 2. The van der Waals surface area contributed by atoms with Crippen molar-refractivity contribution in [2.24, 2.45) is 0 Å². The predicted octanol–water partition coefficient (Wildman–Crippen LogP) is 5.57. The Bertz CT molecular complexity index is 1940. The van der Waals surface area contributed by atoms with E-state index in [1.165, 1.54) is 12.1 Å². The summed E-state index contributed by atoms with van der Waals surface area (Å²) in [6.45, 7) is 1.84. The first-order valence-corrected chi connectivity index (χ1v) is 16.1. The van der Waals surface area contributed by atoms with Crippen LogP contribution in [0.15, 0.2) is 12.1 Å². The molecule has 4 aliphatic rings. The molecule has 4 aromatic rings. The zero-order chi connectivity index (χ0) is 31.2. The van der Waals surface area contributed by atoms with E-state index in [4.69, 9.17) is 31.8 Å². The van der Waals surface area contributed by atoms with E-state index in [1.807, 2.05) is 11.0 Å². The van der Waals surface area contributed by atoms with Crippen LogP contribution in [-0.4, -0.2) is 76.7 Å². The summed E-state index contributed by atoms with van der Waals surface area (Å²) in [5.74, 6) is -0.913. The van der Waals surface area contributed by atoms with Crippen LogP contribution in [0.2, 0.25) is 5.02 Å². The molecule has 8 rings (SSSR count). The largest absolute Gasteiger partial charge is 0.489 e. The summed E-state index contributed by atoms with van der Waals surface area (Å²) in [5, 5.41) is 20.8. The van der Waals surface area contributed by atoms with E-state index in [0.29, 0.717) is 38.2 Å². The normalized spacial score (nSPS) is 26.0. The van der Waals surface area contributed by atoms with Crippen molar-refractivity contribution >= 4 is 54.7 Å². The summed E-state index contributed by atoms with van der Waals surface area (Å²) in [7, 11) is 0. The van der Waals surface area contributed by atoms with Crippen molar-refractivity contribution in [1.82, 2.24) is 14.9 Å². The number of thiophene rings is 1. The third-order valence-corrected chi connectivity index (χ3v) is 11.1. The van der Waals surface area contributed by atoms with Crippen LogP contribution < -0.4 is 20.1 Å². The first kappa shape index (κ1) is 28.9. The molecule has 0 bridgehead atoms. The van der Waals surface area contributed by atoms with Crippen LogP contribution in [0, 0.1) is 23.0 Å². The van der Waals surface area contributed by atoms with Gasteiger partial charge in [0.1, 0.15) is 47.6 Å². The lowest BCUT2D eigenvalue weighted by atomic mass is 9.95. The van der Waals surface area contributed by atoms with Crippen molar-refractivity contribution in [3.05, 3.63) is 34.4 Å². The number of benzene rings is 2. The molecular formula is C31H28ClF3N6O3S. The third kappa shape index (κ3) is 4.33. The average Bonchev–Trinajstić information content (AvgIpc) is 3.62. The fourth-order valence-electron chi connectivity index (χ4n) is 7.68. The highest BCUT2D eigenvalue weighted by Gasteiger charge is 2.49. The number of nitriles is 1. The van der Waals surface area contributed by atoms with E-state index in [9.17, 15) is 19.1 Å². The third-order valence-electron chi connectivity index (χ3n) is 9.75. The van der Waals surface area contributed by atoms with Gasteiger partial charge in [-0.25, -0.2) is 13.2 Å². The van der Waals surface area contributed by atoms with Crippen LogP contribution >= 0.6 is 22.9 Å². The molecule has 0 radical (unpaired) electrons. The van der Waals surface area contributed by atoms with Crippen LogP contribution in [0.3, 0.4) is 0 Å². The highest BCUT2D eigenvalue weighted by Crippen LogP contribution is 2.51. The number of fused-ring (bicyclic) bond motifs is 4. The zero-order valence-corrected chi connectivity index (χ0v) is 25.5. The lowest BCUT2D eigenvalue weighted by Gasteiger charge is -2.37. The molecule has 6 heterocycles. The van der Waals surface area contributed by atoms with Crippen LogP contribution in [0.5, 0.6) is 11.8 Å². The van der Waals surface area contributed by atoms with Gasteiger partial charge in [0.15, 0.2) is 11.6 Å². The Hall–Kier alpha value is -3.57. The molecule has 0 amide bonds. The second-order valence-electron chi connectivity index (χ2n) is 12.3. The van der Waals surface area contributed by atoms with Crippen molar-refractivity contribution in [2.45, 2.75) is 56.0 Å². The van der Waals surface area contributed by atoms with Gasteiger partial charge in [-0.05, 0) is 43.9 Å². The van der Waals surface area contributed by atoms with Gasteiger partial charge in [-0.1, -0.05) is 17.7 Å². The van der Waals surface area contributed by atoms with Crippen molar-refractivity contribution in [3.8, 4) is 29.0 Å². The van der Waals surface area contributed by atoms with Gasteiger partial charge in [-0.2, -0.15) is 15.2 Å². The summed E-state index contributed by atoms with van der Waals surface area (Å²) in [5.41, 5.74) is 5.54. The first-order valence-electron chi connectivity index (χ1n) is 14.9. The second-order valence-corrected chi connectivity index (χ2v) is 13.8. The molecule has 3 unspecified atom stereocenters. The van der Waals surface area contributed by atoms with Crippen molar-refractivity contribution in [2.75, 3.05) is 43.5 Å². The standard InChI is InChI=1S/C31H28ClF3N6O3S/c32-23-21(17-2-3-19(34)27-20(17)18(10-36)28(37)45-27)24(35)25-22-26(23)43-12-15-8-16(42)4-7-41(15)29(22)39-30(38-25)44-13-31-5-1-6-40(31)11-14(33)9-31/h2-3,14-16,42H,1,4-9,11-13,37H2/t14-,15?,16?,31?/m1/s1. The van der Waals surface area contributed by atoms with E-state index in [-0.39, 0.29) is 78.7 Å². The highest BCUT2D eigenvalue weighted by atomic mass is 35.5. The number of aromatic nitrogens is 2. The van der Waals surface area contributed by atoms with E-state index in [2.05, 4.69) is 9.88 Å². The molecule has 4 atom stereocenters. The number of alkyl halides is 1.